The van der Waals surface area contributed by atoms with Crippen molar-refractivity contribution in [3.8, 4) is 5.75 Å². The summed E-state index contributed by atoms with van der Waals surface area (Å²) in [6, 6.07) is 4.55. The molecule has 2 rings (SSSR count). The van der Waals surface area contributed by atoms with Gasteiger partial charge in [0, 0.05) is 0 Å². The van der Waals surface area contributed by atoms with Crippen LogP contribution in [0.3, 0.4) is 0 Å². The van der Waals surface area contributed by atoms with Crippen LogP contribution in [0.1, 0.15) is 37.7 Å². The maximum absolute atomic E-state index is 13.6. The molecule has 1 aromatic carbocycles. The molecule has 0 atom stereocenters. The van der Waals surface area contributed by atoms with Gasteiger partial charge in [-0.05, 0) is 48.5 Å². The van der Waals surface area contributed by atoms with Gasteiger partial charge in [0.2, 0.25) is 0 Å². The van der Waals surface area contributed by atoms with Crippen LogP contribution in [0.15, 0.2) is 12.1 Å². The van der Waals surface area contributed by atoms with Crippen molar-refractivity contribution in [2.45, 2.75) is 57.2 Å². The fourth-order valence-corrected chi connectivity index (χ4v) is 5.84. The van der Waals surface area contributed by atoms with Crippen molar-refractivity contribution in [1.82, 2.24) is 0 Å². The molecule has 0 unspecified atom stereocenters. The number of unbranched alkanes of at least 4 members (excludes halogenated alkanes) is 1. The molecule has 1 fully saturated rings. The zero-order valence-electron chi connectivity index (χ0n) is 12.8. The largest absolute Gasteiger partial charge is 0.429 e. The van der Waals surface area contributed by atoms with E-state index in [0.717, 1.165) is 37.3 Å². The fourth-order valence-electron chi connectivity index (χ4n) is 3.13. The molecule has 0 bridgehead atoms. The number of aryl methyl sites for hydroxylation is 1. The van der Waals surface area contributed by atoms with Crippen molar-refractivity contribution in [1.29, 1.82) is 0 Å². The Morgan fingerprint density at radius 1 is 1.13 bits per heavy atom. The third kappa shape index (κ3) is 5.99. The van der Waals surface area contributed by atoms with Crippen LogP contribution in [0.4, 0.5) is 17.6 Å². The lowest BCUT2D eigenvalue weighted by Crippen LogP contribution is -2.16. The number of hydrogen-bond donors (Lipinski definition) is 0. The summed E-state index contributed by atoms with van der Waals surface area (Å²) in [6.45, 7) is -3.24. The van der Waals surface area contributed by atoms with E-state index in [4.69, 9.17) is 11.1 Å². The van der Waals surface area contributed by atoms with Crippen molar-refractivity contribution >= 4 is 19.2 Å². The molecule has 0 N–H and O–H groups in total. The highest BCUT2D eigenvalue weighted by molar-refractivity contribution is 7.07. The number of rotatable bonds is 7. The molecule has 0 spiro atoms. The molecule has 0 aliphatic carbocycles. The average molecular weight is 369 g/mol. The molecule has 0 radical (unpaired) electrons. The predicted molar refractivity (Wildman–Crippen MR) is 85.9 cm³/mol. The van der Waals surface area contributed by atoms with Crippen LogP contribution in [0.2, 0.25) is 12.1 Å². The second-order valence-electron chi connectivity index (χ2n) is 6.13. The first-order valence-corrected chi connectivity index (χ1v) is 11.4. The van der Waals surface area contributed by atoms with Gasteiger partial charge in [-0.1, -0.05) is 25.7 Å². The Morgan fingerprint density at radius 3 is 2.30 bits per heavy atom. The van der Waals surface area contributed by atoms with Crippen molar-refractivity contribution in [3.05, 3.63) is 29.3 Å². The van der Waals surface area contributed by atoms with E-state index in [1.54, 1.807) is 0 Å². The van der Waals surface area contributed by atoms with E-state index in [9.17, 15) is 17.6 Å². The Balaban J connectivity index is 1.77. The zero-order chi connectivity index (χ0) is 16.8. The van der Waals surface area contributed by atoms with Gasteiger partial charge in [-0.15, -0.1) is 0 Å². The van der Waals surface area contributed by atoms with Gasteiger partial charge in [-0.25, -0.2) is 8.78 Å². The van der Waals surface area contributed by atoms with Gasteiger partial charge in [0.15, 0.2) is 17.4 Å². The van der Waals surface area contributed by atoms with Crippen molar-refractivity contribution in [3.63, 3.8) is 0 Å². The van der Waals surface area contributed by atoms with Crippen LogP contribution >= 0.6 is 11.1 Å². The molecule has 1 saturated heterocycles. The predicted octanol–water partition coefficient (Wildman–Crippen LogP) is 5.65. The van der Waals surface area contributed by atoms with Gasteiger partial charge in [-0.3, -0.25) is 0 Å². The topological polar surface area (TPSA) is 9.23 Å². The van der Waals surface area contributed by atoms with Gasteiger partial charge in [0.1, 0.15) is 8.11 Å². The van der Waals surface area contributed by atoms with E-state index in [-0.39, 0.29) is 0 Å². The molecule has 1 aliphatic heterocycles. The number of hydrogen-bond acceptors (Lipinski definition) is 1. The highest BCUT2D eigenvalue weighted by Gasteiger charge is 2.20. The summed E-state index contributed by atoms with van der Waals surface area (Å²) in [6.07, 6.45) is 5.90. The molecule has 0 amide bonds. The Kier molecular flexibility index (Phi) is 7.21. The third-order valence-electron chi connectivity index (χ3n) is 4.37. The lowest BCUT2D eigenvalue weighted by molar-refractivity contribution is -0.0546. The van der Waals surface area contributed by atoms with Crippen molar-refractivity contribution < 1.29 is 22.3 Å². The Bertz CT molecular complexity index is 484. The molecule has 1 nitrogen and oxygen atoms in total. The van der Waals surface area contributed by atoms with Gasteiger partial charge >= 0.3 is 6.61 Å². The minimum absolute atomic E-state index is 0.471. The molecule has 1 aromatic rings. The molecular formula is C16H21ClF4OSi. The molecule has 7 heteroatoms. The summed E-state index contributed by atoms with van der Waals surface area (Å²) in [4.78, 5) is 0. The number of alkyl halides is 2. The minimum Gasteiger partial charge on any atom is -0.429 e. The second-order valence-corrected chi connectivity index (χ2v) is 10.3. The fraction of sp³-hybridized carbons (Fsp3) is 0.625. The Morgan fingerprint density at radius 2 is 1.74 bits per heavy atom. The van der Waals surface area contributed by atoms with Gasteiger partial charge in [-0.2, -0.15) is 19.9 Å². The van der Waals surface area contributed by atoms with Gasteiger partial charge in [0.25, 0.3) is 0 Å². The summed E-state index contributed by atoms with van der Waals surface area (Å²) in [5.74, 6) is -2.44. The van der Waals surface area contributed by atoms with E-state index in [1.165, 1.54) is 24.9 Å². The first kappa shape index (κ1) is 18.6. The monoisotopic (exact) mass is 368 g/mol. The molecule has 0 aromatic heterocycles. The van der Waals surface area contributed by atoms with E-state index >= 15 is 0 Å². The lowest BCUT2D eigenvalue weighted by atomic mass is 9.95. The lowest BCUT2D eigenvalue weighted by Gasteiger charge is -2.23. The second kappa shape index (κ2) is 8.92. The quantitative estimate of drug-likeness (QED) is 0.261. The third-order valence-corrected chi connectivity index (χ3v) is 7.60. The van der Waals surface area contributed by atoms with Crippen molar-refractivity contribution in [2.75, 3.05) is 0 Å². The molecule has 1 aliphatic rings. The highest BCUT2D eigenvalue weighted by atomic mass is 35.6. The maximum atomic E-state index is 13.6. The zero-order valence-corrected chi connectivity index (χ0v) is 14.8. The summed E-state index contributed by atoms with van der Waals surface area (Å²) in [5, 5.41) is 0. The number of ether oxygens (including phenoxy) is 1. The van der Waals surface area contributed by atoms with Gasteiger partial charge < -0.3 is 4.74 Å². The molecule has 23 heavy (non-hydrogen) atoms. The molecule has 1 heterocycles. The van der Waals surface area contributed by atoms with Crippen LogP contribution in [-0.4, -0.2) is 14.7 Å². The highest BCUT2D eigenvalue weighted by Crippen LogP contribution is 2.31. The minimum atomic E-state index is -3.24. The summed E-state index contributed by atoms with van der Waals surface area (Å²) in [5.41, 5.74) is 0.471. The van der Waals surface area contributed by atoms with E-state index < -0.39 is 32.1 Å². The standard InChI is InChI=1S/C16H21ClF4OSi/c17-23-7-5-11(6-8-23)3-1-2-4-12-9-13(18)15(14(19)10-12)22-16(20)21/h9-11,16,23H,1-8H2. The molecule has 130 valence electrons. The van der Waals surface area contributed by atoms with Gasteiger partial charge in [0.05, 0.1) is 0 Å². The first-order valence-electron chi connectivity index (χ1n) is 8.02. The maximum Gasteiger partial charge on any atom is 0.387 e. The van der Waals surface area contributed by atoms with Crippen LogP contribution in [0.25, 0.3) is 0 Å². The molecule has 0 saturated carbocycles. The average Bonchev–Trinajstić information content (AvgIpc) is 2.49. The van der Waals surface area contributed by atoms with Crippen LogP contribution in [0, 0.1) is 17.6 Å². The first-order chi connectivity index (χ1) is 11.0. The normalized spacial score (nSPS) is 21.7. The van der Waals surface area contributed by atoms with Crippen molar-refractivity contribution in [2.24, 2.45) is 5.92 Å². The summed E-state index contributed by atoms with van der Waals surface area (Å²) in [7, 11) is -0.927. The SMILES string of the molecule is Fc1cc(CCCCC2CC[SiH](Cl)CC2)cc(F)c1OC(F)F. The molecular weight excluding hydrogens is 348 g/mol. The Labute approximate surface area is 140 Å². The number of benzene rings is 1. The summed E-state index contributed by atoms with van der Waals surface area (Å²) < 4.78 is 55.2. The Hall–Kier alpha value is -0.753. The van der Waals surface area contributed by atoms with E-state index in [0.29, 0.717) is 12.0 Å². The van der Waals surface area contributed by atoms with Crippen LogP contribution < -0.4 is 4.74 Å². The summed E-state index contributed by atoms with van der Waals surface area (Å²) >= 11 is 6.21. The van der Waals surface area contributed by atoms with Crippen LogP contribution in [-0.2, 0) is 6.42 Å². The van der Waals surface area contributed by atoms with E-state index in [2.05, 4.69) is 4.74 Å². The number of halogens is 5. The van der Waals surface area contributed by atoms with E-state index in [1.807, 2.05) is 0 Å². The smallest absolute Gasteiger partial charge is 0.387 e. The van der Waals surface area contributed by atoms with Crippen LogP contribution in [0.5, 0.6) is 5.75 Å².